The van der Waals surface area contributed by atoms with Crippen LogP contribution in [0.5, 0.6) is 0 Å². The van der Waals surface area contributed by atoms with Gasteiger partial charge >= 0.3 is 12.4 Å². The maximum atomic E-state index is 12.5. The molecule has 1 nitrogen and oxygen atoms in total. The molecular weight excluding hydrogens is 262 g/mol. The van der Waals surface area contributed by atoms with Gasteiger partial charge in [0.05, 0.1) is 0 Å². The van der Waals surface area contributed by atoms with E-state index in [0.29, 0.717) is 6.07 Å². The summed E-state index contributed by atoms with van der Waals surface area (Å²) >= 11 is 0. The van der Waals surface area contributed by atoms with E-state index in [4.69, 9.17) is 0 Å². The summed E-state index contributed by atoms with van der Waals surface area (Å²) in [6.45, 7) is 0.919. The first kappa shape index (κ1) is 14.5. The van der Waals surface area contributed by atoms with E-state index in [0.717, 1.165) is 19.1 Å². The number of hydrogen-bond donors (Lipinski definition) is 0. The van der Waals surface area contributed by atoms with Crippen molar-refractivity contribution in [1.82, 2.24) is 0 Å². The topological polar surface area (TPSA) is 17.1 Å². The maximum Gasteiger partial charge on any atom is 0.404 e. The van der Waals surface area contributed by atoms with Crippen molar-refractivity contribution in [3.8, 4) is 0 Å². The van der Waals surface area contributed by atoms with Crippen LogP contribution in [0.4, 0.5) is 26.3 Å². The number of benzene rings is 1. The van der Waals surface area contributed by atoms with Gasteiger partial charge in [0.2, 0.25) is 0 Å². The number of rotatable bonds is 2. The van der Waals surface area contributed by atoms with Crippen molar-refractivity contribution < 1.29 is 31.1 Å². The number of carbonyl (C=O) groups excluding carboxylic acids is 1. The van der Waals surface area contributed by atoms with Crippen LogP contribution in [0.15, 0.2) is 24.3 Å². The van der Waals surface area contributed by atoms with Gasteiger partial charge in [-0.15, -0.1) is 0 Å². The van der Waals surface area contributed by atoms with Gasteiger partial charge < -0.3 is 0 Å². The largest absolute Gasteiger partial charge is 0.404 e. The molecule has 0 saturated heterocycles. The Bertz CT molecular complexity index is 432. The number of Topliss-reactive ketones (excluding diaryl/α,β-unsaturated/α-hetero) is 1. The van der Waals surface area contributed by atoms with Crippen molar-refractivity contribution in [3.05, 3.63) is 35.4 Å². The zero-order valence-corrected chi connectivity index (χ0v) is 9.06. The summed E-state index contributed by atoms with van der Waals surface area (Å²) in [5.74, 6) is -4.49. The van der Waals surface area contributed by atoms with Gasteiger partial charge in [-0.05, 0) is 12.5 Å². The Balaban J connectivity index is 3.45. The van der Waals surface area contributed by atoms with Crippen LogP contribution in [-0.2, 0) is 0 Å². The van der Waals surface area contributed by atoms with E-state index in [2.05, 4.69) is 0 Å². The van der Waals surface area contributed by atoms with Crippen molar-refractivity contribution >= 4 is 5.78 Å². The molecule has 1 rings (SSSR count). The van der Waals surface area contributed by atoms with Gasteiger partial charge in [-0.3, -0.25) is 4.79 Å². The van der Waals surface area contributed by atoms with Crippen LogP contribution >= 0.6 is 0 Å². The Hall–Kier alpha value is -1.53. The van der Waals surface area contributed by atoms with Crippen LogP contribution in [0.1, 0.15) is 28.8 Å². The SMILES string of the molecule is CC(=O)c1ccccc1C(C(F)(F)F)C(F)(F)F. The summed E-state index contributed by atoms with van der Waals surface area (Å²) in [5.41, 5.74) is -1.64. The van der Waals surface area contributed by atoms with E-state index in [1.54, 1.807) is 0 Å². The highest BCUT2D eigenvalue weighted by atomic mass is 19.4. The maximum absolute atomic E-state index is 12.5. The molecule has 0 spiro atoms. The third-order valence-corrected chi connectivity index (χ3v) is 2.31. The van der Waals surface area contributed by atoms with Crippen LogP contribution in [-0.4, -0.2) is 18.1 Å². The lowest BCUT2D eigenvalue weighted by molar-refractivity contribution is -0.253. The number of halogens is 6. The molecule has 1 aromatic rings. The second kappa shape index (κ2) is 4.62. The molecule has 0 fully saturated rings. The molecule has 0 heterocycles. The lowest BCUT2D eigenvalue weighted by Crippen LogP contribution is -2.35. The van der Waals surface area contributed by atoms with E-state index in [9.17, 15) is 31.1 Å². The minimum atomic E-state index is -5.50. The molecule has 0 unspecified atom stereocenters. The first-order chi connectivity index (χ1) is 8.05. The van der Waals surface area contributed by atoms with Gasteiger partial charge in [0, 0.05) is 5.56 Å². The Labute approximate surface area is 98.4 Å². The predicted octanol–water partition coefficient (Wildman–Crippen LogP) is 4.10. The van der Waals surface area contributed by atoms with Gasteiger partial charge in [0.1, 0.15) is 0 Å². The van der Waals surface area contributed by atoms with Crippen LogP contribution in [0, 0.1) is 0 Å². The van der Waals surface area contributed by atoms with Gasteiger partial charge in [-0.2, -0.15) is 26.3 Å². The molecule has 0 aromatic heterocycles. The first-order valence-corrected chi connectivity index (χ1v) is 4.78. The molecule has 0 bridgehead atoms. The van der Waals surface area contributed by atoms with Gasteiger partial charge in [-0.25, -0.2) is 0 Å². The van der Waals surface area contributed by atoms with Gasteiger partial charge in [0.25, 0.3) is 0 Å². The molecule has 1 aromatic carbocycles. The average molecular weight is 270 g/mol. The van der Waals surface area contributed by atoms with Gasteiger partial charge in [0.15, 0.2) is 11.7 Å². The molecule has 0 aliphatic rings. The van der Waals surface area contributed by atoms with Crippen molar-refractivity contribution in [2.75, 3.05) is 0 Å². The molecule has 0 N–H and O–H groups in total. The summed E-state index contributed by atoms with van der Waals surface area (Å²) in [7, 11) is 0. The fraction of sp³-hybridized carbons (Fsp3) is 0.364. The molecule has 7 heteroatoms. The highest BCUT2D eigenvalue weighted by Gasteiger charge is 2.58. The number of alkyl halides is 6. The molecule has 0 radical (unpaired) electrons. The van der Waals surface area contributed by atoms with Crippen molar-refractivity contribution in [1.29, 1.82) is 0 Å². The smallest absolute Gasteiger partial charge is 0.295 e. The number of carbonyl (C=O) groups is 1. The molecule has 0 aliphatic carbocycles. The van der Waals surface area contributed by atoms with E-state index >= 15 is 0 Å². The minimum absolute atomic E-state index is 0.572. The monoisotopic (exact) mass is 270 g/mol. The summed E-state index contributed by atoms with van der Waals surface area (Å²) in [4.78, 5) is 11.1. The van der Waals surface area contributed by atoms with Crippen LogP contribution in [0.3, 0.4) is 0 Å². The number of hydrogen-bond acceptors (Lipinski definition) is 1. The van der Waals surface area contributed by atoms with E-state index in [1.807, 2.05) is 0 Å². The second-order valence-electron chi connectivity index (χ2n) is 3.66. The van der Waals surface area contributed by atoms with E-state index in [-0.39, 0.29) is 0 Å². The summed E-state index contributed by atoms with van der Waals surface area (Å²) in [6.07, 6.45) is -11.0. The standard InChI is InChI=1S/C11H8F6O/c1-6(18)7-4-2-3-5-8(7)9(10(12,13)14)11(15,16)17/h2-5,9H,1H3. The summed E-state index contributed by atoms with van der Waals surface area (Å²) < 4.78 is 75.1. The lowest BCUT2D eigenvalue weighted by Gasteiger charge is -2.24. The second-order valence-corrected chi connectivity index (χ2v) is 3.66. The highest BCUT2D eigenvalue weighted by Crippen LogP contribution is 2.47. The molecule has 100 valence electrons. The summed E-state index contributed by atoms with van der Waals surface area (Å²) in [6, 6.07) is 3.86. The Morgan fingerprint density at radius 1 is 1.00 bits per heavy atom. The summed E-state index contributed by atoms with van der Waals surface area (Å²) in [5, 5.41) is 0. The molecule has 0 atom stereocenters. The Morgan fingerprint density at radius 2 is 1.44 bits per heavy atom. The minimum Gasteiger partial charge on any atom is -0.295 e. The quantitative estimate of drug-likeness (QED) is 0.584. The fourth-order valence-corrected chi connectivity index (χ4v) is 1.61. The van der Waals surface area contributed by atoms with E-state index in [1.165, 1.54) is 6.07 Å². The van der Waals surface area contributed by atoms with Crippen LogP contribution in [0.25, 0.3) is 0 Å². The molecule has 18 heavy (non-hydrogen) atoms. The molecule has 0 amide bonds. The van der Waals surface area contributed by atoms with E-state index < -0.39 is 35.2 Å². The number of ketones is 1. The van der Waals surface area contributed by atoms with Crippen molar-refractivity contribution in [2.45, 2.75) is 25.2 Å². The zero-order chi connectivity index (χ0) is 14.1. The highest BCUT2D eigenvalue weighted by molar-refractivity contribution is 5.95. The third kappa shape index (κ3) is 3.02. The van der Waals surface area contributed by atoms with Crippen LogP contribution in [0.2, 0.25) is 0 Å². The normalized spacial score (nSPS) is 12.9. The van der Waals surface area contributed by atoms with Crippen molar-refractivity contribution in [3.63, 3.8) is 0 Å². The molecular formula is C11H8F6O. The first-order valence-electron chi connectivity index (χ1n) is 4.78. The Kier molecular flexibility index (Phi) is 3.73. The third-order valence-electron chi connectivity index (χ3n) is 2.31. The lowest BCUT2D eigenvalue weighted by atomic mass is 9.91. The predicted molar refractivity (Wildman–Crippen MR) is 51.3 cm³/mol. The zero-order valence-electron chi connectivity index (χ0n) is 9.06. The molecule has 0 aliphatic heterocycles. The Morgan fingerprint density at radius 3 is 1.83 bits per heavy atom. The van der Waals surface area contributed by atoms with Gasteiger partial charge in [-0.1, -0.05) is 24.3 Å². The fourth-order valence-electron chi connectivity index (χ4n) is 1.61. The van der Waals surface area contributed by atoms with Crippen molar-refractivity contribution in [2.24, 2.45) is 0 Å². The molecule has 0 saturated carbocycles. The average Bonchev–Trinajstić information content (AvgIpc) is 2.13. The van der Waals surface area contributed by atoms with Crippen LogP contribution < -0.4 is 0 Å².